The minimum Gasteiger partial charge on any atom is -0.496 e. The van der Waals surface area contributed by atoms with E-state index in [1.54, 1.807) is 24.3 Å². The van der Waals surface area contributed by atoms with Crippen LogP contribution in [0.15, 0.2) is 42.5 Å². The number of benzene rings is 2. The largest absolute Gasteiger partial charge is 0.496 e. The molecule has 0 saturated heterocycles. The molecule has 2 aromatic carbocycles. The van der Waals surface area contributed by atoms with Crippen molar-refractivity contribution in [3.63, 3.8) is 0 Å². The summed E-state index contributed by atoms with van der Waals surface area (Å²) in [5, 5.41) is 10.9. The minimum atomic E-state index is -0.445. The molecule has 22 heavy (non-hydrogen) atoms. The van der Waals surface area contributed by atoms with Crippen LogP contribution in [0.2, 0.25) is 0 Å². The molecule has 0 aliphatic heterocycles. The van der Waals surface area contributed by atoms with Gasteiger partial charge in [-0.05, 0) is 19.2 Å². The molecular formula is C16H17FN2O3. The van der Waals surface area contributed by atoms with Gasteiger partial charge in [-0.15, -0.1) is 0 Å². The standard InChI is InChI=1S/C16H17FN2O3/c1-18(10-12-5-3-4-6-15(12)17)11-13-9-14(19(20)21)7-8-16(13)22-2/h3-9H,10-11H2,1-2H3. The summed E-state index contributed by atoms with van der Waals surface area (Å²) >= 11 is 0. The highest BCUT2D eigenvalue weighted by molar-refractivity contribution is 5.43. The maximum Gasteiger partial charge on any atom is 0.270 e. The highest BCUT2D eigenvalue weighted by Gasteiger charge is 2.14. The number of rotatable bonds is 6. The Morgan fingerprint density at radius 3 is 2.50 bits per heavy atom. The lowest BCUT2D eigenvalue weighted by Crippen LogP contribution is -2.18. The van der Waals surface area contributed by atoms with Crippen molar-refractivity contribution < 1.29 is 14.1 Å². The van der Waals surface area contributed by atoms with Gasteiger partial charge in [0.15, 0.2) is 0 Å². The zero-order chi connectivity index (χ0) is 16.1. The van der Waals surface area contributed by atoms with E-state index in [9.17, 15) is 14.5 Å². The van der Waals surface area contributed by atoms with Crippen molar-refractivity contribution in [3.05, 3.63) is 69.5 Å². The van der Waals surface area contributed by atoms with E-state index in [2.05, 4.69) is 0 Å². The lowest BCUT2D eigenvalue weighted by Gasteiger charge is -2.18. The zero-order valence-corrected chi connectivity index (χ0v) is 12.5. The molecule has 0 unspecified atom stereocenters. The Hall–Kier alpha value is -2.47. The van der Waals surface area contributed by atoms with Gasteiger partial charge in [0.25, 0.3) is 5.69 Å². The van der Waals surface area contributed by atoms with Crippen molar-refractivity contribution in [1.29, 1.82) is 0 Å². The molecule has 0 atom stereocenters. The quantitative estimate of drug-likeness (QED) is 0.606. The Bertz CT molecular complexity index is 676. The molecule has 0 bridgehead atoms. The number of hydrogen-bond donors (Lipinski definition) is 0. The first-order chi connectivity index (χ1) is 10.5. The second-order valence-electron chi connectivity index (χ2n) is 5.02. The van der Waals surface area contributed by atoms with Crippen LogP contribution >= 0.6 is 0 Å². The predicted molar refractivity (Wildman–Crippen MR) is 81.2 cm³/mol. The fraction of sp³-hybridized carbons (Fsp3) is 0.250. The molecule has 0 spiro atoms. The van der Waals surface area contributed by atoms with Gasteiger partial charge in [-0.25, -0.2) is 4.39 Å². The van der Waals surface area contributed by atoms with Gasteiger partial charge in [-0.1, -0.05) is 18.2 Å². The van der Waals surface area contributed by atoms with Crippen LogP contribution in [0.1, 0.15) is 11.1 Å². The van der Waals surface area contributed by atoms with Crippen LogP contribution in [0.25, 0.3) is 0 Å². The van der Waals surface area contributed by atoms with Crippen LogP contribution in [0.3, 0.4) is 0 Å². The smallest absolute Gasteiger partial charge is 0.270 e. The molecule has 116 valence electrons. The molecule has 5 nitrogen and oxygen atoms in total. The van der Waals surface area contributed by atoms with Gasteiger partial charge in [0, 0.05) is 36.3 Å². The van der Waals surface area contributed by atoms with Gasteiger partial charge >= 0.3 is 0 Å². The molecule has 2 aromatic rings. The zero-order valence-electron chi connectivity index (χ0n) is 12.5. The topological polar surface area (TPSA) is 55.6 Å². The normalized spacial score (nSPS) is 10.7. The number of non-ortho nitro benzene ring substituents is 1. The monoisotopic (exact) mass is 304 g/mol. The average Bonchev–Trinajstić information content (AvgIpc) is 2.49. The molecule has 2 rings (SSSR count). The molecule has 0 aliphatic carbocycles. The van der Waals surface area contributed by atoms with Crippen molar-refractivity contribution in [1.82, 2.24) is 4.90 Å². The first-order valence-electron chi connectivity index (χ1n) is 6.74. The van der Waals surface area contributed by atoms with E-state index in [-0.39, 0.29) is 11.5 Å². The summed E-state index contributed by atoms with van der Waals surface area (Å²) in [6, 6.07) is 11.0. The number of ether oxygens (including phenoxy) is 1. The second kappa shape index (κ2) is 7.00. The molecule has 6 heteroatoms. The Balaban J connectivity index is 2.17. The summed E-state index contributed by atoms with van der Waals surface area (Å²) < 4.78 is 18.9. The number of halogens is 1. The maximum absolute atomic E-state index is 13.7. The van der Waals surface area contributed by atoms with Crippen LogP contribution in [0, 0.1) is 15.9 Å². The molecule has 0 amide bonds. The van der Waals surface area contributed by atoms with E-state index in [0.29, 0.717) is 30.0 Å². The molecule has 0 heterocycles. The molecule has 0 fully saturated rings. The fourth-order valence-corrected chi connectivity index (χ4v) is 2.27. The predicted octanol–water partition coefficient (Wildman–Crippen LogP) is 3.37. The number of methoxy groups -OCH3 is 1. The molecular weight excluding hydrogens is 287 g/mol. The molecule has 0 radical (unpaired) electrons. The van der Waals surface area contributed by atoms with Crippen molar-refractivity contribution in [2.45, 2.75) is 13.1 Å². The Morgan fingerprint density at radius 1 is 1.18 bits per heavy atom. The first kappa shape index (κ1) is 15.9. The van der Waals surface area contributed by atoms with Gasteiger partial charge in [-0.3, -0.25) is 15.0 Å². The summed E-state index contributed by atoms with van der Waals surface area (Å²) in [4.78, 5) is 12.3. The van der Waals surface area contributed by atoms with Crippen LogP contribution in [-0.2, 0) is 13.1 Å². The first-order valence-corrected chi connectivity index (χ1v) is 6.74. The Labute approximate surface area is 128 Å². The average molecular weight is 304 g/mol. The van der Waals surface area contributed by atoms with E-state index >= 15 is 0 Å². The van der Waals surface area contributed by atoms with Crippen LogP contribution in [0.4, 0.5) is 10.1 Å². The molecule has 0 aromatic heterocycles. The third-order valence-electron chi connectivity index (χ3n) is 3.31. The second-order valence-corrected chi connectivity index (χ2v) is 5.02. The van der Waals surface area contributed by atoms with Crippen LogP contribution in [0.5, 0.6) is 5.75 Å². The van der Waals surface area contributed by atoms with Gasteiger partial charge in [0.2, 0.25) is 0 Å². The van der Waals surface area contributed by atoms with Crippen molar-refractivity contribution in [3.8, 4) is 5.75 Å². The van der Waals surface area contributed by atoms with Gasteiger partial charge in [0.05, 0.1) is 12.0 Å². The Morgan fingerprint density at radius 2 is 1.86 bits per heavy atom. The van der Waals surface area contributed by atoms with E-state index in [1.165, 1.54) is 25.3 Å². The lowest BCUT2D eigenvalue weighted by atomic mass is 10.1. The van der Waals surface area contributed by atoms with Crippen LogP contribution < -0.4 is 4.74 Å². The summed E-state index contributed by atoms with van der Waals surface area (Å²) in [6.07, 6.45) is 0. The van der Waals surface area contributed by atoms with Crippen LogP contribution in [-0.4, -0.2) is 24.0 Å². The summed E-state index contributed by atoms with van der Waals surface area (Å²) in [6.45, 7) is 0.817. The molecule has 0 saturated carbocycles. The van der Waals surface area contributed by atoms with E-state index in [1.807, 2.05) is 11.9 Å². The fourth-order valence-electron chi connectivity index (χ4n) is 2.27. The number of nitrogens with zero attached hydrogens (tertiary/aromatic N) is 2. The number of nitro benzene ring substituents is 1. The van der Waals surface area contributed by atoms with E-state index in [0.717, 1.165) is 0 Å². The minimum absolute atomic E-state index is 0.00934. The highest BCUT2D eigenvalue weighted by atomic mass is 19.1. The van der Waals surface area contributed by atoms with Gasteiger partial charge in [0.1, 0.15) is 11.6 Å². The van der Waals surface area contributed by atoms with Crippen molar-refractivity contribution in [2.75, 3.05) is 14.2 Å². The maximum atomic E-state index is 13.7. The van der Waals surface area contributed by atoms with Crippen molar-refractivity contribution >= 4 is 5.69 Å². The lowest BCUT2D eigenvalue weighted by molar-refractivity contribution is -0.384. The molecule has 0 aliphatic rings. The number of nitro groups is 1. The summed E-state index contributed by atoms with van der Waals surface area (Å²) in [5.41, 5.74) is 1.28. The van der Waals surface area contributed by atoms with E-state index in [4.69, 9.17) is 4.74 Å². The summed E-state index contributed by atoms with van der Waals surface area (Å²) in [7, 11) is 3.34. The Kier molecular flexibility index (Phi) is 5.06. The van der Waals surface area contributed by atoms with Gasteiger partial charge in [-0.2, -0.15) is 0 Å². The third-order valence-corrected chi connectivity index (χ3v) is 3.31. The highest BCUT2D eigenvalue weighted by Crippen LogP contribution is 2.25. The summed E-state index contributed by atoms with van der Waals surface area (Å²) in [5.74, 6) is 0.311. The number of hydrogen-bond acceptors (Lipinski definition) is 4. The van der Waals surface area contributed by atoms with Crippen molar-refractivity contribution in [2.24, 2.45) is 0 Å². The van der Waals surface area contributed by atoms with E-state index < -0.39 is 4.92 Å². The van der Waals surface area contributed by atoms with Gasteiger partial charge < -0.3 is 4.74 Å². The SMILES string of the molecule is COc1ccc([N+](=O)[O-])cc1CN(C)Cc1ccccc1F. The third kappa shape index (κ3) is 3.79. The molecule has 0 N–H and O–H groups in total.